The predicted octanol–water partition coefficient (Wildman–Crippen LogP) is 3.54. The molecule has 0 atom stereocenters. The van der Waals surface area contributed by atoms with E-state index in [1.54, 1.807) is 0 Å². The van der Waals surface area contributed by atoms with Crippen molar-refractivity contribution in [3.05, 3.63) is 34.3 Å². The highest BCUT2D eigenvalue weighted by molar-refractivity contribution is 6.31. The van der Waals surface area contributed by atoms with Gasteiger partial charge in [0.15, 0.2) is 5.78 Å². The Hall–Kier alpha value is -1.07. The Labute approximate surface area is 113 Å². The lowest BCUT2D eigenvalue weighted by molar-refractivity contribution is -0.137. The Kier molecular flexibility index (Phi) is 4.16. The summed E-state index contributed by atoms with van der Waals surface area (Å²) in [5.74, 6) is -0.438. The second-order valence-corrected chi connectivity index (χ2v) is 4.99. The molecule has 0 unspecified atom stereocenters. The molecule has 6 heteroatoms. The molecule has 1 heterocycles. The summed E-state index contributed by atoms with van der Waals surface area (Å²) in [7, 11) is 0. The molecular formula is C13H13ClF3NO. The van der Waals surface area contributed by atoms with Crippen LogP contribution in [0.2, 0.25) is 5.02 Å². The molecular weight excluding hydrogens is 279 g/mol. The summed E-state index contributed by atoms with van der Waals surface area (Å²) in [6, 6.07) is 3.35. The zero-order valence-electron chi connectivity index (χ0n) is 10.1. The maximum Gasteiger partial charge on any atom is 0.417 e. The van der Waals surface area contributed by atoms with Gasteiger partial charge in [-0.25, -0.2) is 0 Å². The number of halogens is 4. The molecule has 0 aliphatic carbocycles. The number of alkyl halides is 3. The summed E-state index contributed by atoms with van der Waals surface area (Å²) in [5, 5.41) is 2.73. The first-order chi connectivity index (χ1) is 8.89. The van der Waals surface area contributed by atoms with E-state index in [1.807, 2.05) is 0 Å². The molecule has 1 aromatic rings. The third-order valence-corrected chi connectivity index (χ3v) is 3.60. The molecule has 1 fully saturated rings. The van der Waals surface area contributed by atoms with Crippen molar-refractivity contribution in [3.63, 3.8) is 0 Å². The molecule has 1 aliphatic rings. The van der Waals surface area contributed by atoms with Crippen LogP contribution in [0.25, 0.3) is 0 Å². The highest BCUT2D eigenvalue weighted by Crippen LogP contribution is 2.35. The van der Waals surface area contributed by atoms with Crippen LogP contribution >= 0.6 is 11.6 Å². The van der Waals surface area contributed by atoms with Crippen molar-refractivity contribution in [2.45, 2.75) is 19.0 Å². The lowest BCUT2D eigenvalue weighted by Gasteiger charge is -2.21. The highest BCUT2D eigenvalue weighted by atomic mass is 35.5. The van der Waals surface area contributed by atoms with Crippen molar-refractivity contribution >= 4 is 17.4 Å². The van der Waals surface area contributed by atoms with E-state index >= 15 is 0 Å². The number of ketones is 1. The van der Waals surface area contributed by atoms with Gasteiger partial charge in [0.2, 0.25) is 0 Å². The molecule has 2 rings (SSSR count). The van der Waals surface area contributed by atoms with E-state index in [2.05, 4.69) is 5.32 Å². The fourth-order valence-electron chi connectivity index (χ4n) is 2.22. The van der Waals surface area contributed by atoms with Crippen molar-refractivity contribution in [2.75, 3.05) is 13.1 Å². The predicted molar refractivity (Wildman–Crippen MR) is 66.4 cm³/mol. The number of hydrogen-bond donors (Lipinski definition) is 1. The van der Waals surface area contributed by atoms with Crippen molar-refractivity contribution < 1.29 is 18.0 Å². The van der Waals surface area contributed by atoms with Crippen LogP contribution in [0, 0.1) is 5.92 Å². The van der Waals surface area contributed by atoms with Gasteiger partial charge < -0.3 is 5.32 Å². The van der Waals surface area contributed by atoms with E-state index in [4.69, 9.17) is 11.6 Å². The largest absolute Gasteiger partial charge is 0.417 e. The molecule has 1 aromatic carbocycles. The summed E-state index contributed by atoms with van der Waals surface area (Å²) in [4.78, 5) is 12.2. The lowest BCUT2D eigenvalue weighted by atomic mass is 9.89. The molecule has 0 radical (unpaired) electrons. The zero-order chi connectivity index (χ0) is 14.0. The van der Waals surface area contributed by atoms with Crippen LogP contribution in [0.15, 0.2) is 18.2 Å². The van der Waals surface area contributed by atoms with Gasteiger partial charge in [-0.1, -0.05) is 11.6 Å². The van der Waals surface area contributed by atoms with Crippen LogP contribution in [0.1, 0.15) is 28.8 Å². The zero-order valence-corrected chi connectivity index (χ0v) is 10.8. The fraction of sp³-hybridized carbons (Fsp3) is 0.462. The molecule has 2 nitrogen and oxygen atoms in total. The maximum absolute atomic E-state index is 12.7. The topological polar surface area (TPSA) is 29.1 Å². The Morgan fingerprint density at radius 1 is 1.26 bits per heavy atom. The summed E-state index contributed by atoms with van der Waals surface area (Å²) in [6.07, 6.45) is -3.23. The van der Waals surface area contributed by atoms with Crippen molar-refractivity contribution in [1.82, 2.24) is 5.32 Å². The Balaban J connectivity index is 2.27. The molecule has 0 spiro atoms. The quantitative estimate of drug-likeness (QED) is 0.845. The SMILES string of the molecule is O=C(c1ccc(Cl)c(C(F)(F)F)c1)C1CCNCC1. The van der Waals surface area contributed by atoms with E-state index in [-0.39, 0.29) is 22.3 Å². The van der Waals surface area contributed by atoms with E-state index in [0.717, 1.165) is 25.2 Å². The summed E-state index contributed by atoms with van der Waals surface area (Å²) >= 11 is 5.53. The molecule has 0 aromatic heterocycles. The van der Waals surface area contributed by atoms with Gasteiger partial charge in [0.25, 0.3) is 0 Å². The van der Waals surface area contributed by atoms with E-state index in [1.165, 1.54) is 6.07 Å². The fourth-order valence-corrected chi connectivity index (χ4v) is 2.44. The third-order valence-electron chi connectivity index (χ3n) is 3.27. The minimum absolute atomic E-state index is 0.0867. The summed E-state index contributed by atoms with van der Waals surface area (Å²) in [6.45, 7) is 1.44. The van der Waals surface area contributed by atoms with Crippen LogP contribution in [-0.4, -0.2) is 18.9 Å². The number of benzene rings is 1. The maximum atomic E-state index is 12.7. The number of piperidine rings is 1. The summed E-state index contributed by atoms with van der Waals surface area (Å²) in [5.41, 5.74) is -0.863. The van der Waals surface area contributed by atoms with Gasteiger partial charge in [0.1, 0.15) is 0 Å². The van der Waals surface area contributed by atoms with Gasteiger partial charge in [-0.3, -0.25) is 4.79 Å². The molecule has 0 bridgehead atoms. The van der Waals surface area contributed by atoms with Gasteiger partial charge in [-0.2, -0.15) is 13.2 Å². The molecule has 0 amide bonds. The number of carbonyl (C=O) groups excluding carboxylic acids is 1. The van der Waals surface area contributed by atoms with Crippen molar-refractivity contribution in [1.29, 1.82) is 0 Å². The van der Waals surface area contributed by atoms with Gasteiger partial charge in [0, 0.05) is 11.5 Å². The van der Waals surface area contributed by atoms with Gasteiger partial charge in [-0.05, 0) is 44.1 Å². The van der Waals surface area contributed by atoms with Gasteiger partial charge in [0.05, 0.1) is 10.6 Å². The molecule has 1 saturated heterocycles. The third kappa shape index (κ3) is 3.28. The number of carbonyl (C=O) groups is 1. The van der Waals surface area contributed by atoms with Crippen LogP contribution in [-0.2, 0) is 6.18 Å². The van der Waals surface area contributed by atoms with Gasteiger partial charge in [-0.15, -0.1) is 0 Å². The average molecular weight is 292 g/mol. The second kappa shape index (κ2) is 5.51. The van der Waals surface area contributed by atoms with Crippen LogP contribution in [0.5, 0.6) is 0 Å². The van der Waals surface area contributed by atoms with E-state index < -0.39 is 11.7 Å². The van der Waals surface area contributed by atoms with Crippen molar-refractivity contribution in [2.24, 2.45) is 5.92 Å². The minimum Gasteiger partial charge on any atom is -0.317 e. The van der Waals surface area contributed by atoms with E-state index in [0.29, 0.717) is 12.8 Å². The number of nitrogens with one attached hydrogen (secondary N) is 1. The number of hydrogen-bond acceptors (Lipinski definition) is 2. The van der Waals surface area contributed by atoms with Crippen LogP contribution < -0.4 is 5.32 Å². The minimum atomic E-state index is -4.54. The Morgan fingerprint density at radius 3 is 2.47 bits per heavy atom. The van der Waals surface area contributed by atoms with Crippen LogP contribution in [0.4, 0.5) is 13.2 Å². The Morgan fingerprint density at radius 2 is 1.89 bits per heavy atom. The average Bonchev–Trinajstić information content (AvgIpc) is 2.38. The number of Topliss-reactive ketones (excluding diaryl/α,β-unsaturated/α-hetero) is 1. The molecule has 1 aliphatic heterocycles. The molecule has 19 heavy (non-hydrogen) atoms. The van der Waals surface area contributed by atoms with E-state index in [9.17, 15) is 18.0 Å². The monoisotopic (exact) mass is 291 g/mol. The molecule has 0 saturated carbocycles. The normalized spacial score (nSPS) is 17.5. The van der Waals surface area contributed by atoms with Crippen molar-refractivity contribution in [3.8, 4) is 0 Å². The Bertz CT molecular complexity index is 481. The highest BCUT2D eigenvalue weighted by Gasteiger charge is 2.34. The van der Waals surface area contributed by atoms with Crippen LogP contribution in [0.3, 0.4) is 0 Å². The molecule has 104 valence electrons. The first-order valence-corrected chi connectivity index (χ1v) is 6.39. The first kappa shape index (κ1) is 14.3. The van der Waals surface area contributed by atoms with Gasteiger partial charge >= 0.3 is 6.18 Å². The molecule has 1 N–H and O–H groups in total. The lowest BCUT2D eigenvalue weighted by Crippen LogP contribution is -2.32. The number of rotatable bonds is 2. The summed E-state index contributed by atoms with van der Waals surface area (Å²) < 4.78 is 38.2. The first-order valence-electron chi connectivity index (χ1n) is 6.01. The smallest absolute Gasteiger partial charge is 0.317 e. The second-order valence-electron chi connectivity index (χ2n) is 4.58. The standard InChI is InChI=1S/C13H13ClF3NO/c14-11-2-1-9(7-10(11)13(15,16)17)12(19)8-3-5-18-6-4-8/h1-2,7-8,18H,3-6H2.